The zero-order valence-electron chi connectivity index (χ0n) is 8.54. The first kappa shape index (κ1) is 11.2. The van der Waals surface area contributed by atoms with Gasteiger partial charge in [-0.2, -0.15) is 0 Å². The number of amidine groups is 1. The quantitative estimate of drug-likeness (QED) is 0.462. The van der Waals surface area contributed by atoms with E-state index in [1.54, 1.807) is 6.20 Å². The first-order valence-corrected chi connectivity index (χ1v) is 4.15. The summed E-state index contributed by atoms with van der Waals surface area (Å²) in [7, 11) is 6.09. The molecule has 0 aromatic heterocycles. The molecule has 0 aliphatic heterocycles. The van der Waals surface area contributed by atoms with Crippen molar-refractivity contribution >= 4 is 5.84 Å². The van der Waals surface area contributed by atoms with E-state index in [1.165, 1.54) is 0 Å². The Hall–Kier alpha value is -0.830. The summed E-state index contributed by atoms with van der Waals surface area (Å²) in [5.74, 6) is 1.05. The highest BCUT2D eigenvalue weighted by Crippen LogP contribution is 1.90. The summed E-state index contributed by atoms with van der Waals surface area (Å²) >= 11 is 0. The van der Waals surface area contributed by atoms with E-state index in [0.29, 0.717) is 0 Å². The van der Waals surface area contributed by atoms with Crippen LogP contribution in [0.5, 0.6) is 0 Å². The van der Waals surface area contributed by atoms with Gasteiger partial charge in [0.1, 0.15) is 5.84 Å². The summed E-state index contributed by atoms with van der Waals surface area (Å²) in [4.78, 5) is 8.40. The van der Waals surface area contributed by atoms with Crippen LogP contribution >= 0.6 is 0 Å². The Labute approximate surface area is 75.4 Å². The number of rotatable bonds is 4. The molecular weight excluding hydrogens is 150 g/mol. The van der Waals surface area contributed by atoms with Gasteiger partial charge in [-0.25, -0.2) is 4.99 Å². The van der Waals surface area contributed by atoms with Crippen molar-refractivity contribution < 1.29 is 0 Å². The van der Waals surface area contributed by atoms with Crippen LogP contribution < -0.4 is 0 Å². The van der Waals surface area contributed by atoms with Gasteiger partial charge in [0.05, 0.1) is 6.54 Å². The van der Waals surface area contributed by atoms with Crippen LogP contribution in [0.3, 0.4) is 0 Å². The third kappa shape index (κ3) is 4.13. The largest absolute Gasteiger partial charge is 0.362 e. The molecule has 0 fully saturated rings. The van der Waals surface area contributed by atoms with Crippen LogP contribution in [-0.2, 0) is 0 Å². The topological polar surface area (TPSA) is 18.8 Å². The molecule has 70 valence electrons. The third-order valence-corrected chi connectivity index (χ3v) is 1.61. The maximum atomic E-state index is 4.20. The monoisotopic (exact) mass is 169 g/mol. The fraction of sp³-hybridized carbons (Fsp3) is 0.667. The highest BCUT2D eigenvalue weighted by atomic mass is 15.2. The van der Waals surface area contributed by atoms with Crippen molar-refractivity contribution in [2.75, 3.05) is 34.2 Å². The number of hydrogen-bond acceptors (Lipinski definition) is 2. The zero-order chi connectivity index (χ0) is 9.56. The van der Waals surface area contributed by atoms with Gasteiger partial charge >= 0.3 is 0 Å². The normalized spacial score (nSPS) is 11.9. The molecule has 0 spiro atoms. The van der Waals surface area contributed by atoms with Crippen molar-refractivity contribution in [3.05, 3.63) is 12.8 Å². The summed E-state index contributed by atoms with van der Waals surface area (Å²) < 4.78 is 0. The second kappa shape index (κ2) is 5.77. The summed E-state index contributed by atoms with van der Waals surface area (Å²) in [6, 6.07) is 0. The van der Waals surface area contributed by atoms with Gasteiger partial charge in [0.15, 0.2) is 0 Å². The van der Waals surface area contributed by atoms with Crippen molar-refractivity contribution in [1.82, 2.24) is 9.80 Å². The molecule has 0 saturated carbocycles. The predicted octanol–water partition coefficient (Wildman–Crippen LogP) is 1.04. The summed E-state index contributed by atoms with van der Waals surface area (Å²) in [6.45, 7) is 7.53. The Kier molecular flexibility index (Phi) is 5.37. The van der Waals surface area contributed by atoms with Crippen LogP contribution in [0.1, 0.15) is 6.92 Å². The van der Waals surface area contributed by atoms with Gasteiger partial charge in [0, 0.05) is 19.8 Å². The lowest BCUT2D eigenvalue weighted by Crippen LogP contribution is -2.34. The van der Waals surface area contributed by atoms with E-state index in [2.05, 4.69) is 28.3 Å². The number of likely N-dealkylation sites (N-methyl/N-ethyl adjacent to an activating group) is 2. The molecule has 12 heavy (non-hydrogen) atoms. The molecule has 0 heterocycles. The molecule has 3 nitrogen and oxygen atoms in total. The molecule has 0 amide bonds. The second-order valence-electron chi connectivity index (χ2n) is 2.98. The molecule has 0 aromatic rings. The van der Waals surface area contributed by atoms with Gasteiger partial charge in [0.25, 0.3) is 0 Å². The van der Waals surface area contributed by atoms with Gasteiger partial charge in [-0.3, -0.25) is 0 Å². The van der Waals surface area contributed by atoms with E-state index in [4.69, 9.17) is 0 Å². The molecule has 0 saturated heterocycles. The Morgan fingerprint density at radius 3 is 2.33 bits per heavy atom. The number of aliphatic imine (C=N–C) groups is 1. The van der Waals surface area contributed by atoms with Crippen LogP contribution in [0.25, 0.3) is 0 Å². The average molecular weight is 169 g/mol. The van der Waals surface area contributed by atoms with Crippen molar-refractivity contribution in [3.8, 4) is 0 Å². The van der Waals surface area contributed by atoms with Gasteiger partial charge in [-0.1, -0.05) is 6.58 Å². The molecule has 0 aliphatic carbocycles. The van der Waals surface area contributed by atoms with Crippen molar-refractivity contribution in [1.29, 1.82) is 0 Å². The van der Waals surface area contributed by atoms with Gasteiger partial charge in [-0.05, 0) is 21.0 Å². The van der Waals surface area contributed by atoms with E-state index in [0.717, 1.165) is 18.9 Å². The minimum Gasteiger partial charge on any atom is -0.362 e. The Bertz CT molecular complexity index is 161. The maximum Gasteiger partial charge on any atom is 0.118 e. The van der Waals surface area contributed by atoms with Gasteiger partial charge < -0.3 is 9.80 Å². The van der Waals surface area contributed by atoms with Gasteiger partial charge in [0.2, 0.25) is 0 Å². The minimum atomic E-state index is 0.857. The maximum absolute atomic E-state index is 4.20. The van der Waals surface area contributed by atoms with Gasteiger partial charge in [-0.15, -0.1) is 0 Å². The first-order chi connectivity index (χ1) is 5.61. The van der Waals surface area contributed by atoms with Crippen molar-refractivity contribution in [3.63, 3.8) is 0 Å². The average Bonchev–Trinajstić information content (AvgIpc) is 2.01. The van der Waals surface area contributed by atoms with Crippen LogP contribution in [0.15, 0.2) is 17.8 Å². The molecule has 0 N–H and O–H groups in total. The molecule has 0 aromatic carbocycles. The SMILES string of the molecule is C=CN=C(CN(C)C)N(C)CC. The van der Waals surface area contributed by atoms with Crippen molar-refractivity contribution in [2.24, 2.45) is 4.99 Å². The zero-order valence-corrected chi connectivity index (χ0v) is 8.54. The smallest absolute Gasteiger partial charge is 0.118 e. The fourth-order valence-electron chi connectivity index (χ4n) is 0.831. The van der Waals surface area contributed by atoms with E-state index < -0.39 is 0 Å². The Balaban J connectivity index is 4.23. The van der Waals surface area contributed by atoms with Crippen molar-refractivity contribution in [2.45, 2.75) is 6.92 Å². The standard InChI is InChI=1S/C9H19N3/c1-6-10-9(8-11(3)4)12(5)7-2/h6H,1,7-8H2,2-5H3. The highest BCUT2D eigenvalue weighted by Gasteiger charge is 2.03. The fourth-order valence-corrected chi connectivity index (χ4v) is 0.831. The van der Waals surface area contributed by atoms with E-state index >= 15 is 0 Å². The second-order valence-corrected chi connectivity index (χ2v) is 2.98. The molecule has 0 atom stereocenters. The molecule has 0 rings (SSSR count). The summed E-state index contributed by atoms with van der Waals surface area (Å²) in [5, 5.41) is 0. The molecule has 0 bridgehead atoms. The number of nitrogens with zero attached hydrogens (tertiary/aromatic N) is 3. The lowest BCUT2D eigenvalue weighted by atomic mass is 10.4. The minimum absolute atomic E-state index is 0.857. The highest BCUT2D eigenvalue weighted by molar-refractivity contribution is 5.84. The molecule has 0 radical (unpaired) electrons. The first-order valence-electron chi connectivity index (χ1n) is 4.15. The summed E-state index contributed by atoms with van der Waals surface area (Å²) in [6.07, 6.45) is 1.59. The van der Waals surface area contributed by atoms with E-state index in [9.17, 15) is 0 Å². The summed E-state index contributed by atoms with van der Waals surface area (Å²) in [5.41, 5.74) is 0. The Morgan fingerprint density at radius 1 is 1.42 bits per heavy atom. The molecule has 0 aliphatic rings. The van der Waals surface area contributed by atoms with Crippen LogP contribution in [-0.4, -0.2) is 49.9 Å². The molecular formula is C9H19N3. The van der Waals surface area contributed by atoms with Crippen LogP contribution in [0, 0.1) is 0 Å². The van der Waals surface area contributed by atoms with E-state index in [1.807, 2.05) is 21.1 Å². The molecule has 0 unspecified atom stereocenters. The van der Waals surface area contributed by atoms with Crippen LogP contribution in [0.2, 0.25) is 0 Å². The third-order valence-electron chi connectivity index (χ3n) is 1.61. The predicted molar refractivity (Wildman–Crippen MR) is 54.5 cm³/mol. The molecule has 3 heteroatoms. The lowest BCUT2D eigenvalue weighted by molar-refractivity contribution is 0.430. The number of hydrogen-bond donors (Lipinski definition) is 0. The Morgan fingerprint density at radius 2 is 2.00 bits per heavy atom. The van der Waals surface area contributed by atoms with E-state index in [-0.39, 0.29) is 0 Å². The van der Waals surface area contributed by atoms with Crippen LogP contribution in [0.4, 0.5) is 0 Å². The lowest BCUT2D eigenvalue weighted by Gasteiger charge is -2.21.